The van der Waals surface area contributed by atoms with Gasteiger partial charge in [-0.05, 0) is 55.5 Å². The van der Waals surface area contributed by atoms with Crippen LogP contribution in [0, 0.1) is 5.82 Å². The van der Waals surface area contributed by atoms with Gasteiger partial charge in [0.1, 0.15) is 18.1 Å². The molecule has 4 nitrogen and oxygen atoms in total. The summed E-state index contributed by atoms with van der Waals surface area (Å²) in [7, 11) is 0. The van der Waals surface area contributed by atoms with Crippen molar-refractivity contribution in [1.29, 1.82) is 0 Å². The van der Waals surface area contributed by atoms with Crippen molar-refractivity contribution in [2.45, 2.75) is 50.5 Å². The molecule has 1 aliphatic carbocycles. The van der Waals surface area contributed by atoms with E-state index in [0.717, 1.165) is 28.7 Å². The first-order valence-corrected chi connectivity index (χ1v) is 10.7. The average molecular weight is 447 g/mol. The van der Waals surface area contributed by atoms with Crippen molar-refractivity contribution in [3.63, 3.8) is 0 Å². The smallest absolute Gasteiger partial charge is 0.351 e. The van der Waals surface area contributed by atoms with Gasteiger partial charge >= 0.3 is 6.18 Å². The van der Waals surface area contributed by atoms with E-state index >= 15 is 0 Å². The largest absolute Gasteiger partial charge is 0.406 e. The van der Waals surface area contributed by atoms with Gasteiger partial charge in [-0.1, -0.05) is 30.3 Å². The van der Waals surface area contributed by atoms with Gasteiger partial charge in [0.05, 0.1) is 0 Å². The third-order valence-corrected chi connectivity index (χ3v) is 5.97. The van der Waals surface area contributed by atoms with Crippen molar-refractivity contribution < 1.29 is 22.4 Å². The number of aromatic nitrogens is 1. The maximum absolute atomic E-state index is 13.4. The summed E-state index contributed by atoms with van der Waals surface area (Å²) in [6, 6.07) is 14.4. The molecular formula is C24H25F4N3O. The number of fused-ring (bicyclic) bond motifs is 1. The highest BCUT2D eigenvalue weighted by Crippen LogP contribution is 2.29. The molecular weight excluding hydrogens is 422 g/mol. The number of nitrogens with zero attached hydrogens (tertiary/aromatic N) is 1. The van der Waals surface area contributed by atoms with Crippen molar-refractivity contribution in [2.75, 3.05) is 6.54 Å². The highest BCUT2D eigenvalue weighted by molar-refractivity contribution is 5.98. The molecule has 1 saturated carbocycles. The second-order valence-corrected chi connectivity index (χ2v) is 8.34. The molecule has 0 aliphatic heterocycles. The second-order valence-electron chi connectivity index (χ2n) is 8.34. The van der Waals surface area contributed by atoms with Crippen LogP contribution in [-0.4, -0.2) is 40.6 Å². The quantitative estimate of drug-likeness (QED) is 0.496. The average Bonchev–Trinajstić information content (AvgIpc) is 3.21. The van der Waals surface area contributed by atoms with Gasteiger partial charge in [-0.25, -0.2) is 4.39 Å². The normalized spacial score (nSPS) is 19.2. The second kappa shape index (κ2) is 9.32. The van der Waals surface area contributed by atoms with E-state index in [1.165, 1.54) is 12.1 Å². The van der Waals surface area contributed by atoms with E-state index in [-0.39, 0.29) is 17.6 Å². The summed E-state index contributed by atoms with van der Waals surface area (Å²) < 4.78 is 53.3. The molecule has 0 bridgehead atoms. The summed E-state index contributed by atoms with van der Waals surface area (Å²) in [6.45, 7) is -0.788. The Kier molecular flexibility index (Phi) is 6.50. The molecule has 0 radical (unpaired) electrons. The number of carbonyl (C=O) groups excluding carboxylic acids is 1. The minimum Gasteiger partial charge on any atom is -0.351 e. The van der Waals surface area contributed by atoms with Crippen molar-refractivity contribution in [2.24, 2.45) is 0 Å². The zero-order valence-corrected chi connectivity index (χ0v) is 17.5. The minimum absolute atomic E-state index is 0.0231. The molecule has 32 heavy (non-hydrogen) atoms. The van der Waals surface area contributed by atoms with E-state index < -0.39 is 24.7 Å². The van der Waals surface area contributed by atoms with Crippen LogP contribution in [0.25, 0.3) is 10.9 Å². The molecule has 8 heteroatoms. The lowest BCUT2D eigenvalue weighted by Gasteiger charge is -2.38. The van der Waals surface area contributed by atoms with Crippen LogP contribution < -0.4 is 5.32 Å². The zero-order chi connectivity index (χ0) is 22.7. The SMILES string of the molecule is O=C(c1cc2ccccc2[nH]1)N(CC(F)(F)F)C1CCC[C@H](NCc2ccc(F)cc2)C1. The predicted molar refractivity (Wildman–Crippen MR) is 115 cm³/mol. The number of para-hydroxylation sites is 1. The van der Waals surface area contributed by atoms with Gasteiger partial charge < -0.3 is 15.2 Å². The van der Waals surface area contributed by atoms with Gasteiger partial charge in [-0.3, -0.25) is 4.79 Å². The van der Waals surface area contributed by atoms with Crippen LogP contribution in [-0.2, 0) is 6.54 Å². The number of hydrogen-bond acceptors (Lipinski definition) is 2. The number of halogens is 4. The number of amides is 1. The minimum atomic E-state index is -4.49. The first kappa shape index (κ1) is 22.3. The molecule has 0 saturated heterocycles. The highest BCUT2D eigenvalue weighted by atomic mass is 19.4. The molecule has 2 atom stereocenters. The molecule has 2 N–H and O–H groups in total. The molecule has 0 spiro atoms. The number of H-pyrrole nitrogens is 1. The lowest BCUT2D eigenvalue weighted by Crippen LogP contribution is -2.50. The fraction of sp³-hybridized carbons (Fsp3) is 0.375. The molecule has 1 amide bonds. The fourth-order valence-corrected chi connectivity index (χ4v) is 4.40. The fourth-order valence-electron chi connectivity index (χ4n) is 4.40. The summed E-state index contributed by atoms with van der Waals surface area (Å²) in [6.07, 6.45) is -1.99. The Bertz CT molecular complexity index is 1030. The molecule has 1 aliphatic rings. The maximum Gasteiger partial charge on any atom is 0.406 e. The van der Waals surface area contributed by atoms with Crippen LogP contribution in [0.4, 0.5) is 17.6 Å². The number of aromatic amines is 1. The van der Waals surface area contributed by atoms with Crippen LogP contribution in [0.2, 0.25) is 0 Å². The molecule has 1 aromatic heterocycles. The van der Waals surface area contributed by atoms with Crippen molar-refractivity contribution >= 4 is 16.8 Å². The van der Waals surface area contributed by atoms with Crippen molar-refractivity contribution in [3.8, 4) is 0 Å². The Morgan fingerprint density at radius 1 is 1.09 bits per heavy atom. The molecule has 1 unspecified atom stereocenters. The van der Waals surface area contributed by atoms with Crippen LogP contribution in [0.5, 0.6) is 0 Å². The molecule has 1 fully saturated rings. The Morgan fingerprint density at radius 2 is 1.84 bits per heavy atom. The monoisotopic (exact) mass is 447 g/mol. The summed E-state index contributed by atoms with van der Waals surface area (Å²) in [5, 5.41) is 4.14. The van der Waals surface area contributed by atoms with Gasteiger partial charge in [0.2, 0.25) is 0 Å². The van der Waals surface area contributed by atoms with Crippen LogP contribution in [0.15, 0.2) is 54.6 Å². The topological polar surface area (TPSA) is 48.1 Å². The molecule has 1 heterocycles. The van der Waals surface area contributed by atoms with Crippen LogP contribution in [0.3, 0.4) is 0 Å². The number of carbonyl (C=O) groups is 1. The van der Waals surface area contributed by atoms with Crippen molar-refractivity contribution in [3.05, 3.63) is 71.7 Å². The van der Waals surface area contributed by atoms with Gasteiger partial charge in [-0.15, -0.1) is 0 Å². The number of alkyl halides is 3. The van der Waals surface area contributed by atoms with Gasteiger partial charge in [0.25, 0.3) is 5.91 Å². The van der Waals surface area contributed by atoms with Gasteiger partial charge in [0, 0.05) is 29.5 Å². The lowest BCUT2D eigenvalue weighted by atomic mass is 9.89. The first-order valence-electron chi connectivity index (χ1n) is 10.7. The zero-order valence-electron chi connectivity index (χ0n) is 17.5. The van der Waals surface area contributed by atoms with Crippen LogP contribution >= 0.6 is 0 Å². The summed E-state index contributed by atoms with van der Waals surface area (Å²) in [5.41, 5.74) is 1.77. The Balaban J connectivity index is 1.48. The van der Waals surface area contributed by atoms with Gasteiger partial charge in [-0.2, -0.15) is 13.2 Å². The highest BCUT2D eigenvalue weighted by Gasteiger charge is 2.39. The third kappa shape index (κ3) is 5.48. The van der Waals surface area contributed by atoms with E-state index in [1.807, 2.05) is 12.1 Å². The Labute approximate surface area is 183 Å². The van der Waals surface area contributed by atoms with E-state index in [1.54, 1.807) is 30.3 Å². The molecule has 2 aromatic carbocycles. The van der Waals surface area contributed by atoms with Crippen molar-refractivity contribution in [1.82, 2.24) is 15.2 Å². The number of rotatable bonds is 6. The predicted octanol–water partition coefficient (Wildman–Crippen LogP) is 5.41. The van der Waals surface area contributed by atoms with E-state index in [4.69, 9.17) is 0 Å². The first-order chi connectivity index (χ1) is 15.3. The van der Waals surface area contributed by atoms with E-state index in [9.17, 15) is 22.4 Å². The molecule has 4 rings (SSSR count). The van der Waals surface area contributed by atoms with E-state index in [2.05, 4.69) is 10.3 Å². The summed E-state index contributed by atoms with van der Waals surface area (Å²) in [5.74, 6) is -0.951. The van der Waals surface area contributed by atoms with E-state index in [0.29, 0.717) is 24.9 Å². The lowest BCUT2D eigenvalue weighted by molar-refractivity contribution is -0.146. The Hall–Kier alpha value is -2.87. The third-order valence-electron chi connectivity index (χ3n) is 5.97. The standard InChI is InChI=1S/C24H25F4N3O/c25-18-10-8-16(9-11-18)14-29-19-5-3-6-20(13-19)31(15-24(26,27)28)23(32)22-12-17-4-1-2-7-21(17)30-22/h1-2,4,7-12,19-20,29-30H,3,5-6,13-15H2/t19-,20?/m0/s1. The summed E-state index contributed by atoms with van der Waals surface area (Å²) in [4.78, 5) is 17.1. The number of hydrogen-bond donors (Lipinski definition) is 2. The Morgan fingerprint density at radius 3 is 2.56 bits per heavy atom. The van der Waals surface area contributed by atoms with Gasteiger partial charge in [0.15, 0.2) is 0 Å². The van der Waals surface area contributed by atoms with Crippen LogP contribution in [0.1, 0.15) is 41.7 Å². The number of nitrogens with one attached hydrogen (secondary N) is 2. The summed E-state index contributed by atoms with van der Waals surface area (Å²) >= 11 is 0. The number of benzene rings is 2. The maximum atomic E-state index is 13.4. The molecule has 170 valence electrons. The molecule has 3 aromatic rings.